The van der Waals surface area contributed by atoms with Gasteiger partial charge in [0.05, 0.1) is 44.7 Å². The Bertz CT molecular complexity index is 4520. The summed E-state index contributed by atoms with van der Waals surface area (Å²) in [5.41, 5.74) is 33.3. The minimum absolute atomic E-state index is 0.0104. The third kappa shape index (κ3) is 51.0. The number of carbonyl (C=O) groups is 23. The van der Waals surface area contributed by atoms with Crippen molar-refractivity contribution in [1.82, 2.24) is 106 Å². The molecule has 56 nitrogen and oxygen atoms in total. The Kier molecular flexibility index (Phi) is 60.6. The van der Waals surface area contributed by atoms with Crippen molar-refractivity contribution in [2.45, 2.75) is 341 Å². The number of carboxylic acid groups (broad SMARTS) is 3. The summed E-state index contributed by atoms with van der Waals surface area (Å²) >= 11 is 0. The van der Waals surface area contributed by atoms with Crippen molar-refractivity contribution in [1.29, 1.82) is 10.8 Å². The van der Waals surface area contributed by atoms with Gasteiger partial charge in [-0.15, -0.1) is 0 Å². The number of aliphatic hydroxyl groups excluding tert-OH is 2. The van der Waals surface area contributed by atoms with Gasteiger partial charge in [-0.1, -0.05) is 110 Å². The monoisotopic (exact) mass is 2110 g/mol. The van der Waals surface area contributed by atoms with Crippen LogP contribution in [-0.4, -0.2) is 333 Å². The molecule has 0 aliphatic carbocycles. The molecule has 0 saturated carbocycles. The van der Waals surface area contributed by atoms with Crippen LogP contribution < -0.4 is 135 Å². The van der Waals surface area contributed by atoms with Crippen LogP contribution in [0.5, 0.6) is 0 Å². The molecule has 56 heteroatoms. The topological polar surface area (TPSA) is 929 Å². The molecule has 838 valence electrons. The lowest BCUT2D eigenvalue weighted by Gasteiger charge is -2.31. The van der Waals surface area contributed by atoms with Crippen LogP contribution in [0.15, 0.2) is 0 Å². The average Bonchev–Trinajstić information content (AvgIpc) is 1.62. The van der Waals surface area contributed by atoms with Crippen molar-refractivity contribution in [2.24, 2.45) is 75.8 Å². The first-order valence-corrected chi connectivity index (χ1v) is 49.6. The van der Waals surface area contributed by atoms with Crippen LogP contribution in [0, 0.1) is 52.2 Å². The number of guanidine groups is 2. The number of nitrogens with zero attached hydrogens (tertiary/aromatic N) is 1. The van der Waals surface area contributed by atoms with E-state index < -0.39 is 333 Å². The Morgan fingerprint density at radius 2 is 0.736 bits per heavy atom. The number of likely N-dealkylation sites (tertiary alicyclic amines) is 1. The lowest BCUT2D eigenvalue weighted by molar-refractivity contribution is -0.147. The van der Waals surface area contributed by atoms with Crippen LogP contribution in [0.3, 0.4) is 0 Å². The first-order chi connectivity index (χ1) is 69.1. The highest BCUT2D eigenvalue weighted by molar-refractivity contribution is 6.03. The Labute approximate surface area is 859 Å². The second-order valence-corrected chi connectivity index (χ2v) is 39.1. The fraction of sp³-hybridized carbons (Fsp3) is 0.728. The molecule has 1 rings (SSSR count). The van der Waals surface area contributed by atoms with E-state index in [4.69, 9.17) is 45.2 Å². The molecule has 1 aliphatic rings. The number of amides is 20. The number of aliphatic hydroxyl groups is 2. The SMILES string of the molecule is CC[C@H](C)[C@H](NC(=O)[C@H](CC(N)=O)NC(=O)[C@H](CCC(N)=O)NC(=O)[C@H](CC(C)C)NC(=O)CNC(=O)[C@@H](NC(=O)[C@H](CC(C)C)NC(=O)CNC(=O)[C@H](CCC(=O)O)NC(=O)[C@H](CC(C)C)NC(=O)[C@H](CO)NC(=O)[C@H](CCCNC(=N)N)NC(=O)[C@H](CC(C)C)NC(=O)[C@@H](NC(=O)[C@@H]1CCCN1C(=O)[C@H](CC(=O)O)NC(=O)[C@@H](NC(=O)[C@@H](N)CCCCN)[C@@H](C)O)C(C)C)C(C)C)C(=O)N[C@@H](CCCNC(=N)N)C(=O)O. The standard InChI is InChI=1S/C92H162N28O28/c1-16-49(14)72(87(144)110-55(90(147)148)24-20-32-102-92(99)100)118-82(139)60(38-65(96)124)112-77(134)54(26-28-64(95)123)109-78(135)56(34-43(2)3)105-67(126)41-104-85(142)70(47(10)11)116-81(138)57(35-44(4)5)106-66(125)40-103-75(132)53(27-29-68(127)128)108-79(136)58(36-45(6)7)111-83(140)62(42-121)115-76(133)52(23-19-31-101-91(97)98)107-80(137)59(37-46(8)9)113-86(143)71(48(12)13)117-84(141)63-25-21-33-120(63)89(146)61(39-69(129)130)114-88(145)73(50(15)122)119-74(131)51(94)22-17-18-30-93/h43-63,70-73,121-122H,16-42,93-94H2,1-15H3,(H2,95,123)(H2,96,124)(H,103,132)(H,104,142)(H,105,126)(H,106,125)(H,107,137)(H,108,136)(H,109,135)(H,110,144)(H,111,140)(H,112,134)(H,113,143)(H,114,145)(H,115,133)(H,116,138)(H,117,141)(H,118,139)(H,119,131)(H,127,128)(H,129,130)(H,147,148)(H4,97,98,101)(H4,99,100,102)/t49-,50+,51-,52-,53-,54-,55-,56-,57-,58-,59-,60-,61-,62-,63-,70-,71-,72-,73-/m0/s1. The second kappa shape index (κ2) is 67.9. The maximum atomic E-state index is 14.6. The molecule has 1 saturated heterocycles. The minimum Gasteiger partial charge on any atom is -0.481 e. The quantitative estimate of drug-likeness (QED) is 0.0153. The number of nitrogens with two attached hydrogens (primary N) is 6. The van der Waals surface area contributed by atoms with Crippen molar-refractivity contribution in [3.05, 3.63) is 0 Å². The Morgan fingerprint density at radius 1 is 0.365 bits per heavy atom. The minimum atomic E-state index is -1.92. The van der Waals surface area contributed by atoms with Crippen molar-refractivity contribution >= 4 is 148 Å². The highest BCUT2D eigenvalue weighted by Crippen LogP contribution is 2.23. The number of nitrogens with one attached hydrogen (secondary N) is 21. The second-order valence-electron chi connectivity index (χ2n) is 39.1. The molecule has 1 fully saturated rings. The molecule has 0 aromatic rings. The third-order valence-corrected chi connectivity index (χ3v) is 23.4. The van der Waals surface area contributed by atoms with Crippen LogP contribution in [-0.2, 0) is 110 Å². The normalized spacial score (nSPS) is 16.0. The van der Waals surface area contributed by atoms with Gasteiger partial charge in [-0.2, -0.15) is 0 Å². The first-order valence-electron chi connectivity index (χ1n) is 49.6. The predicted octanol–water partition coefficient (Wildman–Crippen LogP) is -9.05. The molecule has 0 unspecified atom stereocenters. The smallest absolute Gasteiger partial charge is 0.326 e. The van der Waals surface area contributed by atoms with Crippen LogP contribution in [0.1, 0.15) is 232 Å². The zero-order chi connectivity index (χ0) is 113. The lowest BCUT2D eigenvalue weighted by Crippen LogP contribution is -2.62. The fourth-order valence-corrected chi connectivity index (χ4v) is 15.3. The van der Waals surface area contributed by atoms with Gasteiger partial charge in [0.25, 0.3) is 0 Å². The highest BCUT2D eigenvalue weighted by atomic mass is 16.4. The van der Waals surface area contributed by atoms with Crippen molar-refractivity contribution in [3.63, 3.8) is 0 Å². The summed E-state index contributed by atoms with van der Waals surface area (Å²) < 4.78 is 0. The molecular weight excluding hydrogens is 1950 g/mol. The number of rotatable bonds is 72. The van der Waals surface area contributed by atoms with Gasteiger partial charge >= 0.3 is 17.9 Å². The van der Waals surface area contributed by atoms with Crippen LogP contribution in [0.2, 0.25) is 0 Å². The number of hydrogen-bond acceptors (Lipinski definition) is 29. The fourth-order valence-electron chi connectivity index (χ4n) is 15.3. The van der Waals surface area contributed by atoms with Gasteiger partial charge in [-0.3, -0.25) is 116 Å². The molecule has 0 aromatic carbocycles. The van der Waals surface area contributed by atoms with Crippen LogP contribution in [0.25, 0.3) is 0 Å². The predicted molar refractivity (Wildman–Crippen MR) is 534 cm³/mol. The molecule has 0 bridgehead atoms. The van der Waals surface area contributed by atoms with Gasteiger partial charge in [0.2, 0.25) is 118 Å². The van der Waals surface area contributed by atoms with E-state index in [1.807, 2.05) is 0 Å². The maximum Gasteiger partial charge on any atom is 0.326 e. The number of hydrogen-bond donors (Lipinski definition) is 32. The van der Waals surface area contributed by atoms with E-state index in [0.717, 1.165) is 11.8 Å². The molecular formula is C92H162N28O28. The molecule has 19 atom stereocenters. The largest absolute Gasteiger partial charge is 0.481 e. The van der Waals surface area contributed by atoms with Crippen LogP contribution in [0.4, 0.5) is 0 Å². The summed E-state index contributed by atoms with van der Waals surface area (Å²) in [6.07, 6.45) is -5.19. The third-order valence-electron chi connectivity index (χ3n) is 23.4. The van der Waals surface area contributed by atoms with E-state index in [2.05, 4.69) is 101 Å². The van der Waals surface area contributed by atoms with Crippen LogP contribution >= 0.6 is 0 Å². The maximum absolute atomic E-state index is 14.6. The summed E-state index contributed by atoms with van der Waals surface area (Å²) in [6, 6.07) is -26.8. The molecule has 0 aromatic heterocycles. The Morgan fingerprint density at radius 3 is 1.17 bits per heavy atom. The van der Waals surface area contributed by atoms with Gasteiger partial charge < -0.3 is 166 Å². The van der Waals surface area contributed by atoms with E-state index >= 15 is 0 Å². The number of unbranched alkanes of at least 4 members (excludes halogenated alkanes) is 1. The Balaban J connectivity index is 3.50. The van der Waals surface area contributed by atoms with E-state index in [-0.39, 0.29) is 120 Å². The van der Waals surface area contributed by atoms with E-state index in [0.29, 0.717) is 19.4 Å². The summed E-state index contributed by atoms with van der Waals surface area (Å²) in [4.78, 5) is 315. The van der Waals surface area contributed by atoms with Gasteiger partial charge in [0.15, 0.2) is 11.9 Å². The van der Waals surface area contributed by atoms with Crippen molar-refractivity contribution in [3.8, 4) is 0 Å². The first kappa shape index (κ1) is 132. The van der Waals surface area contributed by atoms with E-state index in [1.54, 1.807) is 83.1 Å². The zero-order valence-corrected chi connectivity index (χ0v) is 87.1. The van der Waals surface area contributed by atoms with E-state index in [9.17, 15) is 136 Å². The molecule has 0 radical (unpaired) electrons. The highest BCUT2D eigenvalue weighted by Gasteiger charge is 2.44. The van der Waals surface area contributed by atoms with Crippen molar-refractivity contribution in [2.75, 3.05) is 45.9 Å². The number of carbonyl (C=O) groups excluding carboxylic acids is 20. The molecule has 20 amide bonds. The van der Waals surface area contributed by atoms with Gasteiger partial charge in [0.1, 0.15) is 96.7 Å². The van der Waals surface area contributed by atoms with Crippen molar-refractivity contribution < 1.29 is 136 Å². The number of aliphatic carboxylic acids is 3. The molecule has 38 N–H and O–H groups in total. The van der Waals surface area contributed by atoms with Gasteiger partial charge in [-0.25, -0.2) is 4.79 Å². The summed E-state index contributed by atoms with van der Waals surface area (Å²) in [7, 11) is 0. The number of primary amides is 2. The van der Waals surface area contributed by atoms with E-state index in [1.165, 1.54) is 13.8 Å². The molecule has 148 heavy (non-hydrogen) atoms. The summed E-state index contributed by atoms with van der Waals surface area (Å²) in [5.74, 6) is -29.7. The molecule has 0 spiro atoms. The van der Waals surface area contributed by atoms with Gasteiger partial charge in [-0.05, 0) is 145 Å². The zero-order valence-electron chi connectivity index (χ0n) is 87.1. The molecule has 1 heterocycles. The lowest BCUT2D eigenvalue weighted by atomic mass is 9.97. The molecule has 1 aliphatic heterocycles. The van der Waals surface area contributed by atoms with Gasteiger partial charge in [0, 0.05) is 32.5 Å². The average molecular weight is 2110 g/mol. The number of carboxylic acids is 3. The summed E-state index contributed by atoms with van der Waals surface area (Å²) in [5, 5.41) is 112. The summed E-state index contributed by atoms with van der Waals surface area (Å²) in [6.45, 7) is 21.1. The Hall–Kier alpha value is -13.8.